The molecule has 12 heteroatoms. The Bertz CT molecular complexity index is 1390. The summed E-state index contributed by atoms with van der Waals surface area (Å²) in [6, 6.07) is 18.0. The average Bonchev–Trinajstić information content (AvgIpc) is 2.87. The lowest BCUT2D eigenvalue weighted by molar-refractivity contribution is -0.138. The molecule has 194 valence electrons. The van der Waals surface area contributed by atoms with Crippen molar-refractivity contribution in [1.82, 2.24) is 9.97 Å². The van der Waals surface area contributed by atoms with Crippen LogP contribution in [0.4, 0.5) is 26.3 Å². The van der Waals surface area contributed by atoms with E-state index in [1.54, 1.807) is 60.7 Å². The van der Waals surface area contributed by atoms with Crippen LogP contribution >= 0.6 is 23.2 Å². The molecule has 0 bridgehead atoms. The van der Waals surface area contributed by atoms with Crippen LogP contribution < -0.4 is 0 Å². The maximum absolute atomic E-state index is 13.2. The summed E-state index contributed by atoms with van der Waals surface area (Å²) in [4.78, 5) is 7.76. The minimum atomic E-state index is -4.66. The molecule has 0 radical (unpaired) electrons. The minimum absolute atomic E-state index is 0.0146. The van der Waals surface area contributed by atoms with Crippen molar-refractivity contribution < 1.29 is 26.3 Å². The first kappa shape index (κ1) is 27.3. The van der Waals surface area contributed by atoms with E-state index in [0.29, 0.717) is 23.5 Å². The van der Waals surface area contributed by atoms with Gasteiger partial charge in [-0.25, -0.2) is 0 Å². The zero-order valence-electron chi connectivity index (χ0n) is 18.9. The van der Waals surface area contributed by atoms with Crippen molar-refractivity contribution in [2.45, 2.75) is 12.4 Å². The Kier molecular flexibility index (Phi) is 7.84. The second-order valence-corrected chi connectivity index (χ2v) is 8.55. The van der Waals surface area contributed by atoms with E-state index in [0.717, 1.165) is 12.1 Å². The third-order valence-electron chi connectivity index (χ3n) is 5.13. The van der Waals surface area contributed by atoms with Crippen LogP contribution in [-0.2, 0) is 12.4 Å². The molecule has 4 nitrogen and oxygen atoms in total. The van der Waals surface area contributed by atoms with Crippen molar-refractivity contribution in [1.29, 1.82) is 0 Å². The van der Waals surface area contributed by atoms with Crippen molar-refractivity contribution in [2.75, 3.05) is 0 Å². The van der Waals surface area contributed by atoms with E-state index in [1.165, 1.54) is 0 Å². The highest BCUT2D eigenvalue weighted by Gasteiger charge is 2.33. The van der Waals surface area contributed by atoms with E-state index in [9.17, 15) is 26.3 Å². The number of hydrogen-bond acceptors (Lipinski definition) is 4. The van der Waals surface area contributed by atoms with Gasteiger partial charge in [-0.15, -0.1) is 10.2 Å². The molecule has 0 saturated heterocycles. The lowest BCUT2D eigenvalue weighted by atomic mass is 10.1. The highest BCUT2D eigenvalue weighted by Crippen LogP contribution is 2.33. The molecule has 2 aromatic carbocycles. The van der Waals surface area contributed by atoms with Gasteiger partial charge in [0.2, 0.25) is 0 Å². The van der Waals surface area contributed by atoms with Gasteiger partial charge in [-0.1, -0.05) is 83.9 Å². The van der Waals surface area contributed by atoms with Crippen LogP contribution in [0.5, 0.6) is 0 Å². The van der Waals surface area contributed by atoms with Crippen LogP contribution in [0.25, 0.3) is 0 Å². The molecule has 4 aromatic rings. The van der Waals surface area contributed by atoms with Crippen molar-refractivity contribution >= 4 is 34.6 Å². The van der Waals surface area contributed by atoms with Gasteiger partial charge in [-0.05, 0) is 12.1 Å². The predicted molar refractivity (Wildman–Crippen MR) is 133 cm³/mol. The summed E-state index contributed by atoms with van der Waals surface area (Å²) in [7, 11) is 0. The standard InChI is InChI=1S/C26H14Cl2F6N4/c27-19-11-17(25(29,30)31)13-35-23(19)21(15-7-3-1-4-8-15)37-38-22(16-9-5-2-6-10-16)24-20(28)12-18(14-36-24)26(32,33)34/h1-14H/b37-21-,38-22-. The minimum Gasteiger partial charge on any atom is -0.252 e. The highest BCUT2D eigenvalue weighted by atomic mass is 35.5. The van der Waals surface area contributed by atoms with Gasteiger partial charge in [-0.2, -0.15) is 26.3 Å². The van der Waals surface area contributed by atoms with Gasteiger partial charge < -0.3 is 0 Å². The Morgan fingerprint density at radius 1 is 0.579 bits per heavy atom. The number of benzene rings is 2. The normalized spacial score (nSPS) is 13.1. The number of alkyl halides is 6. The van der Waals surface area contributed by atoms with Crippen molar-refractivity contribution in [3.63, 3.8) is 0 Å². The summed E-state index contributed by atoms with van der Waals surface area (Å²) in [5.41, 5.74) is -1.40. The fourth-order valence-corrected chi connectivity index (χ4v) is 3.82. The summed E-state index contributed by atoms with van der Waals surface area (Å²) in [5.74, 6) is 0. The molecule has 0 saturated carbocycles. The first-order valence-electron chi connectivity index (χ1n) is 10.7. The van der Waals surface area contributed by atoms with Crippen LogP contribution in [-0.4, -0.2) is 21.4 Å². The fourth-order valence-electron chi connectivity index (χ4n) is 3.31. The van der Waals surface area contributed by atoms with Crippen LogP contribution in [0.3, 0.4) is 0 Å². The molecule has 38 heavy (non-hydrogen) atoms. The molecule has 0 amide bonds. The van der Waals surface area contributed by atoms with Gasteiger partial charge in [-0.3, -0.25) is 9.97 Å². The number of halogens is 8. The van der Waals surface area contributed by atoms with Crippen LogP contribution in [0.2, 0.25) is 10.0 Å². The number of hydrogen-bond donors (Lipinski definition) is 0. The van der Waals surface area contributed by atoms with Crippen molar-refractivity contribution in [3.8, 4) is 0 Å². The van der Waals surface area contributed by atoms with E-state index >= 15 is 0 Å². The number of nitrogens with zero attached hydrogens (tertiary/aromatic N) is 4. The second kappa shape index (κ2) is 10.9. The monoisotopic (exact) mass is 566 g/mol. The first-order valence-corrected chi connectivity index (χ1v) is 11.4. The van der Waals surface area contributed by atoms with E-state index in [-0.39, 0.29) is 32.9 Å². The molecular formula is C26H14Cl2F6N4. The number of pyridine rings is 2. The smallest absolute Gasteiger partial charge is 0.252 e. The van der Waals surface area contributed by atoms with E-state index in [2.05, 4.69) is 20.2 Å². The van der Waals surface area contributed by atoms with Crippen molar-refractivity contribution in [2.24, 2.45) is 10.2 Å². The van der Waals surface area contributed by atoms with Crippen LogP contribution in [0.1, 0.15) is 33.6 Å². The maximum Gasteiger partial charge on any atom is 0.417 e. The topological polar surface area (TPSA) is 50.5 Å². The Labute approximate surface area is 222 Å². The van der Waals surface area contributed by atoms with E-state index in [1.807, 2.05) is 0 Å². The SMILES string of the molecule is FC(F)(F)c1cnc(/C(=N\N=C(\c2ccccc2)c2ncc(C(F)(F)F)cc2Cl)c2ccccc2)c(Cl)c1. The second-order valence-electron chi connectivity index (χ2n) is 7.73. The lowest BCUT2D eigenvalue weighted by Gasteiger charge is -2.12. The molecule has 0 N–H and O–H groups in total. The fraction of sp³-hybridized carbons (Fsp3) is 0.0769. The molecule has 4 rings (SSSR count). The summed E-state index contributed by atoms with van der Waals surface area (Å²) in [6.07, 6.45) is -8.09. The summed E-state index contributed by atoms with van der Waals surface area (Å²) in [5, 5.41) is 7.82. The van der Waals surface area contributed by atoms with Gasteiger partial charge in [0, 0.05) is 23.5 Å². The molecule has 0 atom stereocenters. The zero-order chi connectivity index (χ0) is 27.5. The Hall–Kier alpha value is -3.76. The van der Waals surface area contributed by atoms with Gasteiger partial charge in [0.25, 0.3) is 0 Å². The van der Waals surface area contributed by atoms with Gasteiger partial charge in [0.05, 0.1) is 21.2 Å². The molecule has 0 fully saturated rings. The predicted octanol–water partition coefficient (Wildman–Crippen LogP) is 8.11. The largest absolute Gasteiger partial charge is 0.417 e. The summed E-state index contributed by atoms with van der Waals surface area (Å²) < 4.78 is 78.9. The third-order valence-corrected chi connectivity index (χ3v) is 5.71. The number of rotatable bonds is 5. The Morgan fingerprint density at radius 2 is 0.921 bits per heavy atom. The third kappa shape index (κ3) is 6.20. The van der Waals surface area contributed by atoms with Crippen LogP contribution in [0, 0.1) is 0 Å². The average molecular weight is 567 g/mol. The van der Waals surface area contributed by atoms with Crippen molar-refractivity contribution in [3.05, 3.63) is 129 Å². The lowest BCUT2D eigenvalue weighted by Crippen LogP contribution is -2.12. The molecule has 0 unspecified atom stereocenters. The zero-order valence-corrected chi connectivity index (χ0v) is 20.4. The Morgan fingerprint density at radius 3 is 1.21 bits per heavy atom. The summed E-state index contributed by atoms with van der Waals surface area (Å²) >= 11 is 12.4. The van der Waals surface area contributed by atoms with Crippen LogP contribution in [0.15, 0.2) is 95.4 Å². The highest BCUT2D eigenvalue weighted by molar-refractivity contribution is 6.36. The molecular weight excluding hydrogens is 553 g/mol. The molecule has 0 aliphatic heterocycles. The maximum atomic E-state index is 13.2. The first-order chi connectivity index (χ1) is 17.9. The van der Waals surface area contributed by atoms with Gasteiger partial charge in [0.15, 0.2) is 0 Å². The molecule has 0 aliphatic rings. The van der Waals surface area contributed by atoms with Gasteiger partial charge in [0.1, 0.15) is 22.8 Å². The summed E-state index contributed by atoms with van der Waals surface area (Å²) in [6.45, 7) is 0. The van der Waals surface area contributed by atoms with Gasteiger partial charge >= 0.3 is 12.4 Å². The quantitative estimate of drug-likeness (QED) is 0.139. The number of aromatic nitrogens is 2. The van der Waals surface area contributed by atoms with E-state index in [4.69, 9.17) is 23.2 Å². The molecule has 0 aliphatic carbocycles. The molecule has 2 heterocycles. The Balaban J connectivity index is 1.92. The molecule has 2 aromatic heterocycles. The molecule has 0 spiro atoms. The van der Waals surface area contributed by atoms with E-state index < -0.39 is 23.5 Å².